The van der Waals surface area contributed by atoms with Crippen LogP contribution in [-0.2, 0) is 33.6 Å². The second-order valence-electron chi connectivity index (χ2n) is 23.7. The summed E-state index contributed by atoms with van der Waals surface area (Å²) in [4.78, 5) is 13.0. The zero-order chi connectivity index (χ0) is 64.7. The highest BCUT2D eigenvalue weighted by molar-refractivity contribution is 9.10. The maximum Gasteiger partial charge on any atom is 0.181 e. The average Bonchev–Trinajstić information content (AvgIpc) is 1.52. The number of hydrogen-bond acceptors (Lipinski definition) is 17. The molecule has 9 aromatic rings. The predicted octanol–water partition coefficient (Wildman–Crippen LogP) is 10.1. The van der Waals surface area contributed by atoms with Crippen LogP contribution in [0.25, 0.3) is 0 Å². The smallest absolute Gasteiger partial charge is 0.181 e. The van der Waals surface area contributed by atoms with Gasteiger partial charge in [0.2, 0.25) is 0 Å². The van der Waals surface area contributed by atoms with Gasteiger partial charge < -0.3 is 60.2 Å². The fraction of sp³-hybridized carbons (Fsp3) is 0.264. The van der Waals surface area contributed by atoms with Crippen molar-refractivity contribution in [3.63, 3.8) is 0 Å². The first kappa shape index (κ1) is 65.2. The van der Waals surface area contributed by atoms with E-state index in [1.54, 1.807) is 66.7 Å². The third-order valence-electron chi connectivity index (χ3n) is 19.4. The molecule has 0 radical (unpaired) electrons. The van der Waals surface area contributed by atoms with Crippen LogP contribution in [0.1, 0.15) is 86.8 Å². The Kier molecular flexibility index (Phi) is 17.4. The average molecular weight is 1370 g/mol. The lowest BCUT2D eigenvalue weighted by Gasteiger charge is -2.40. The lowest BCUT2D eigenvalue weighted by Crippen LogP contribution is -2.52. The summed E-state index contributed by atoms with van der Waals surface area (Å²) >= 11 is 21.9. The van der Waals surface area contributed by atoms with Crippen molar-refractivity contribution in [2.75, 3.05) is 19.8 Å². The van der Waals surface area contributed by atoms with Crippen molar-refractivity contribution in [3.8, 4) is 29.4 Å². The van der Waals surface area contributed by atoms with Crippen LogP contribution in [-0.4, -0.2) is 99.0 Å². The van der Waals surface area contributed by atoms with Gasteiger partial charge in [0, 0.05) is 96.6 Å². The van der Waals surface area contributed by atoms with E-state index in [4.69, 9.17) is 49.0 Å². The molecular weight excluding hydrogens is 1310 g/mol. The fourth-order valence-electron chi connectivity index (χ4n) is 15.7. The second-order valence-corrected chi connectivity index (χ2v) is 26.0. The SMILES string of the molecule is C.N#Cc1ccc([C@@]23Oc4cc(Cl)cnc4[C@]2(O)[C@H](O)[C@H](CO)[C@H]3c2ccccc2)cc1.N#Cc1ccc([C@@]23Oc4cc(Cl)cnc4[C@]2(O)[C@H](O)[C@H](CO)[C@H]3c2ccccc2)cc1.OC[C@H]1[C@@H](O)[C@@]2(O)c3ncc(Cl)cc3O[C@@]2(c2ccc(Br)cc2)[C@@H]1c1ccccc1. The summed E-state index contributed by atoms with van der Waals surface area (Å²) in [5.74, 6) is -3.03. The molecule has 3 aliphatic carbocycles. The number of pyridine rings is 3. The van der Waals surface area contributed by atoms with Gasteiger partial charge in [0.15, 0.2) is 33.6 Å². The lowest BCUT2D eigenvalue weighted by molar-refractivity contribution is -0.154. The van der Waals surface area contributed by atoms with Gasteiger partial charge in [-0.2, -0.15) is 10.5 Å². The van der Waals surface area contributed by atoms with E-state index in [2.05, 4.69) is 43.0 Å². The molecule has 93 heavy (non-hydrogen) atoms. The van der Waals surface area contributed by atoms with Crippen molar-refractivity contribution < 1.29 is 60.2 Å². The molecule has 0 bridgehead atoms. The van der Waals surface area contributed by atoms with Crippen molar-refractivity contribution in [2.45, 2.75) is 77.1 Å². The molecule has 6 aliphatic rings. The number of hydrogen-bond donors (Lipinski definition) is 9. The summed E-state index contributed by atoms with van der Waals surface area (Å²) in [5, 5.41) is 121. The molecule has 3 aliphatic heterocycles. The molecule has 474 valence electrons. The van der Waals surface area contributed by atoms with E-state index in [0.29, 0.717) is 48.6 Å². The number of ether oxygens (including phenoxy) is 3. The van der Waals surface area contributed by atoms with Gasteiger partial charge in [-0.15, -0.1) is 0 Å². The van der Waals surface area contributed by atoms with Crippen LogP contribution >= 0.6 is 50.7 Å². The Bertz CT molecular complexity index is 4150. The molecule has 3 fully saturated rings. The predicted molar refractivity (Wildman–Crippen MR) is 347 cm³/mol. The Morgan fingerprint density at radius 3 is 0.925 bits per heavy atom. The van der Waals surface area contributed by atoms with Gasteiger partial charge >= 0.3 is 0 Å². The molecule has 9 N–H and O–H groups in total. The number of benzene rings is 6. The molecule has 6 aromatic carbocycles. The minimum absolute atomic E-state index is 0. The summed E-state index contributed by atoms with van der Waals surface area (Å²) < 4.78 is 20.3. The van der Waals surface area contributed by atoms with Crippen LogP contribution in [0, 0.1) is 40.4 Å². The van der Waals surface area contributed by atoms with Gasteiger partial charge in [-0.05, 0) is 69.8 Å². The first-order valence-electron chi connectivity index (χ1n) is 29.4. The minimum atomic E-state index is -1.95. The molecule has 0 spiro atoms. The van der Waals surface area contributed by atoms with Gasteiger partial charge in [0.05, 0.1) is 56.6 Å². The first-order chi connectivity index (χ1) is 44.4. The number of rotatable bonds is 9. The fourth-order valence-corrected chi connectivity index (χ4v) is 16.4. The van der Waals surface area contributed by atoms with Gasteiger partial charge in [-0.25, -0.2) is 0 Å². The van der Waals surface area contributed by atoms with Crippen LogP contribution in [0.5, 0.6) is 17.2 Å². The van der Waals surface area contributed by atoms with Crippen molar-refractivity contribution >= 4 is 50.7 Å². The molecule has 15 rings (SSSR count). The van der Waals surface area contributed by atoms with E-state index < -0.39 is 87.4 Å². The number of nitriles is 2. The summed E-state index contributed by atoms with van der Waals surface area (Å²) in [7, 11) is 0. The molecule has 0 unspecified atom stereocenters. The zero-order valence-electron chi connectivity index (χ0n) is 48.4. The number of aliphatic hydroxyl groups is 9. The molecule has 17 nitrogen and oxygen atoms in total. The summed E-state index contributed by atoms with van der Waals surface area (Å²) in [6.07, 6.45) is 0.170. The number of aliphatic hydroxyl groups excluding tert-OH is 6. The lowest BCUT2D eigenvalue weighted by atomic mass is 9.71. The summed E-state index contributed by atoms with van der Waals surface area (Å²) in [6, 6.07) is 57.9. The van der Waals surface area contributed by atoms with Crippen molar-refractivity contribution in [1.29, 1.82) is 10.5 Å². The molecule has 0 amide bonds. The topological polar surface area (TPSA) is 296 Å². The molecule has 6 heterocycles. The third-order valence-corrected chi connectivity index (χ3v) is 20.6. The van der Waals surface area contributed by atoms with E-state index in [9.17, 15) is 56.5 Å². The Morgan fingerprint density at radius 1 is 0.419 bits per heavy atom. The Morgan fingerprint density at radius 2 is 0.677 bits per heavy atom. The van der Waals surface area contributed by atoms with Gasteiger partial charge in [-0.3, -0.25) is 15.0 Å². The summed E-state index contributed by atoms with van der Waals surface area (Å²) in [5.41, 5.74) is -4.47. The Hall–Kier alpha value is -7.86. The van der Waals surface area contributed by atoms with Crippen LogP contribution in [0.2, 0.25) is 15.1 Å². The van der Waals surface area contributed by atoms with Crippen molar-refractivity contribution in [1.82, 2.24) is 15.0 Å². The molecular formula is C72H61BrCl3N5O12. The van der Waals surface area contributed by atoms with Gasteiger partial charge in [0.1, 0.15) is 34.3 Å². The molecule has 3 saturated carbocycles. The highest BCUT2D eigenvalue weighted by Gasteiger charge is 2.79. The number of halogens is 4. The standard InChI is InChI=1S/2C24H19ClN2O4.C23H19BrClNO4.CH4/c2*25-17-10-19-21(27-12-17)23(30)22(29)18(13-28)20(15-4-2-1-3-5-15)24(23,31-19)16-8-6-14(11-26)7-9-16;24-15-8-6-14(7-9-15)23-19(13-4-2-1-3-5-13)17(12-27)21(28)22(23,29)20-18(30-23)10-16(25)11-26-20;/h2*1-10,12,18,20,22,28-30H,13H2;1-11,17,19,21,27-29H,12H2;1H4/t2*18-,20-,22-,23+,24+;17-,19-,21-,22+,23+;/m111./s1. The monoisotopic (exact) mass is 1370 g/mol. The molecule has 21 heteroatoms. The van der Waals surface area contributed by atoms with Gasteiger partial charge in [0.25, 0.3) is 0 Å². The number of nitrogens with zero attached hydrogens (tertiary/aromatic N) is 5. The van der Waals surface area contributed by atoms with Crippen LogP contribution in [0.15, 0.2) is 205 Å². The van der Waals surface area contributed by atoms with Crippen LogP contribution in [0.4, 0.5) is 0 Å². The van der Waals surface area contributed by atoms with E-state index in [-0.39, 0.29) is 55.8 Å². The molecule has 0 saturated heterocycles. The minimum Gasteiger partial charge on any atom is -0.476 e. The zero-order valence-corrected chi connectivity index (χ0v) is 52.2. The first-order valence-corrected chi connectivity index (χ1v) is 31.3. The molecule has 3 aromatic heterocycles. The summed E-state index contributed by atoms with van der Waals surface area (Å²) in [6.45, 7) is -1.06. The van der Waals surface area contributed by atoms with Gasteiger partial charge in [-0.1, -0.05) is 186 Å². The highest BCUT2D eigenvalue weighted by Crippen LogP contribution is 2.71. The quantitative estimate of drug-likeness (QED) is 0.0649. The van der Waals surface area contributed by atoms with E-state index in [1.165, 1.54) is 18.6 Å². The number of aromatic nitrogens is 3. The van der Waals surface area contributed by atoms with Crippen LogP contribution in [0.3, 0.4) is 0 Å². The van der Waals surface area contributed by atoms with E-state index in [1.807, 2.05) is 115 Å². The maximum atomic E-state index is 12.1. The van der Waals surface area contributed by atoms with Crippen LogP contribution < -0.4 is 14.2 Å². The van der Waals surface area contributed by atoms with E-state index in [0.717, 1.165) is 21.2 Å². The normalized spacial score (nSPS) is 30.8. The highest BCUT2D eigenvalue weighted by atomic mass is 79.9. The Labute approximate surface area is 558 Å². The van der Waals surface area contributed by atoms with E-state index >= 15 is 0 Å². The largest absolute Gasteiger partial charge is 0.476 e. The van der Waals surface area contributed by atoms with Crippen molar-refractivity contribution in [3.05, 3.63) is 282 Å². The maximum absolute atomic E-state index is 12.1. The second kappa shape index (κ2) is 24.8. The number of fused-ring (bicyclic) bond motifs is 9. The third kappa shape index (κ3) is 9.45. The molecule has 15 atom stereocenters. The Balaban J connectivity index is 0.000000133. The van der Waals surface area contributed by atoms with Crippen molar-refractivity contribution in [2.24, 2.45) is 17.8 Å².